The summed E-state index contributed by atoms with van der Waals surface area (Å²) in [5.74, 6) is 0.506. The monoisotopic (exact) mass is 386 g/mol. The Kier molecular flexibility index (Phi) is 10.5. The lowest BCUT2D eigenvalue weighted by atomic mass is 9.86. The van der Waals surface area contributed by atoms with Crippen molar-refractivity contribution in [2.45, 2.75) is 85.0 Å². The largest absolute Gasteiger partial charge is 0.291 e. The van der Waals surface area contributed by atoms with Crippen molar-refractivity contribution in [3.8, 4) is 0 Å². The number of nitrogens with zero attached hydrogens (tertiary/aromatic N) is 2. The summed E-state index contributed by atoms with van der Waals surface area (Å²) in [5, 5.41) is 3.88. The molecule has 0 spiro atoms. The van der Waals surface area contributed by atoms with Crippen LogP contribution in [0.2, 0.25) is 0 Å². The molecule has 1 aromatic carbocycles. The summed E-state index contributed by atoms with van der Waals surface area (Å²) in [6.07, 6.45) is 11.8. The molecule has 1 fully saturated rings. The fourth-order valence-electron chi connectivity index (χ4n) is 4.25. The van der Waals surface area contributed by atoms with E-state index in [-0.39, 0.29) is 0 Å². The fourth-order valence-corrected chi connectivity index (χ4v) is 4.25. The number of rotatable bonds is 12. The summed E-state index contributed by atoms with van der Waals surface area (Å²) < 4.78 is 0. The Morgan fingerprint density at radius 2 is 1.68 bits per heavy atom. The van der Waals surface area contributed by atoms with Crippen molar-refractivity contribution in [1.82, 2.24) is 15.1 Å². The number of unbranched alkanes of at least 4 members (excludes halogenated alkanes) is 4. The molecule has 0 bridgehead atoms. The molecule has 0 aromatic heterocycles. The Labute approximate surface area is 174 Å². The molecule has 1 aromatic rings. The van der Waals surface area contributed by atoms with Gasteiger partial charge in [0.25, 0.3) is 0 Å². The standard InChI is InChI=1S/C25H44N3/c1-6-8-10-17-28(18-11-9-7-2)20-26-25-24(13-12-16-27(25)5)23-15-14-21(3)22(4)19-23/h14-15,19,24,26H,6-13,16-18,20H2,1-5H3. The van der Waals surface area contributed by atoms with Crippen LogP contribution in [0.25, 0.3) is 0 Å². The van der Waals surface area contributed by atoms with Gasteiger partial charge in [0.05, 0.1) is 0 Å². The SMILES string of the molecule is CCCCCN(CCCCC)CN[C]1C(c2ccc(C)c(C)c2)CCCN1C. The quantitative estimate of drug-likeness (QED) is 0.360. The van der Waals surface area contributed by atoms with Crippen LogP contribution in [0.15, 0.2) is 18.2 Å². The van der Waals surface area contributed by atoms with E-state index >= 15 is 0 Å². The van der Waals surface area contributed by atoms with Gasteiger partial charge in [-0.25, -0.2) is 0 Å². The normalized spacial score (nSPS) is 18.9. The average molecular weight is 387 g/mol. The van der Waals surface area contributed by atoms with Crippen LogP contribution < -0.4 is 5.32 Å². The zero-order valence-electron chi connectivity index (χ0n) is 19.2. The van der Waals surface area contributed by atoms with Gasteiger partial charge in [-0.15, -0.1) is 0 Å². The Bertz CT molecular complexity index is 547. The van der Waals surface area contributed by atoms with E-state index < -0.39 is 0 Å². The second-order valence-electron chi connectivity index (χ2n) is 8.71. The minimum atomic E-state index is 0.506. The van der Waals surface area contributed by atoms with Gasteiger partial charge in [-0.1, -0.05) is 57.7 Å². The highest BCUT2D eigenvalue weighted by atomic mass is 15.3. The maximum absolute atomic E-state index is 3.88. The lowest BCUT2D eigenvalue weighted by Crippen LogP contribution is -2.48. The van der Waals surface area contributed by atoms with E-state index in [2.05, 4.69) is 68.1 Å². The Balaban J connectivity index is 2.01. The van der Waals surface area contributed by atoms with Gasteiger partial charge in [0.1, 0.15) is 6.17 Å². The molecule has 1 N–H and O–H groups in total. The van der Waals surface area contributed by atoms with Crippen molar-refractivity contribution in [2.24, 2.45) is 0 Å². The molecule has 0 amide bonds. The molecule has 159 valence electrons. The first kappa shape index (κ1) is 23.4. The Hall–Kier alpha value is -0.900. The number of nitrogens with one attached hydrogen (secondary N) is 1. The van der Waals surface area contributed by atoms with Crippen LogP contribution in [0, 0.1) is 20.0 Å². The van der Waals surface area contributed by atoms with E-state index in [4.69, 9.17) is 0 Å². The summed E-state index contributed by atoms with van der Waals surface area (Å²) in [4.78, 5) is 5.10. The fraction of sp³-hybridized carbons (Fsp3) is 0.720. The first-order valence-corrected chi connectivity index (χ1v) is 11.7. The van der Waals surface area contributed by atoms with Crippen LogP contribution in [0.5, 0.6) is 0 Å². The van der Waals surface area contributed by atoms with Gasteiger partial charge in [0.15, 0.2) is 0 Å². The van der Waals surface area contributed by atoms with Crippen molar-refractivity contribution in [1.29, 1.82) is 0 Å². The number of hydrogen-bond acceptors (Lipinski definition) is 3. The molecule has 1 radical (unpaired) electrons. The summed E-state index contributed by atoms with van der Waals surface area (Å²) in [5.41, 5.74) is 4.27. The first-order valence-electron chi connectivity index (χ1n) is 11.7. The maximum Gasteiger partial charge on any atom is 0.112 e. The van der Waals surface area contributed by atoms with E-state index in [1.165, 1.54) is 87.3 Å². The molecule has 0 saturated carbocycles. The zero-order valence-corrected chi connectivity index (χ0v) is 19.2. The number of piperidine rings is 1. The second-order valence-corrected chi connectivity index (χ2v) is 8.71. The molecule has 3 heteroatoms. The van der Waals surface area contributed by atoms with E-state index in [0.717, 1.165) is 13.2 Å². The molecule has 1 unspecified atom stereocenters. The molecular weight excluding hydrogens is 342 g/mol. The average Bonchev–Trinajstić information content (AvgIpc) is 2.68. The molecule has 3 nitrogen and oxygen atoms in total. The molecule has 1 saturated heterocycles. The molecule has 2 rings (SSSR count). The molecule has 1 heterocycles. The van der Waals surface area contributed by atoms with Crippen molar-refractivity contribution in [3.05, 3.63) is 41.1 Å². The number of likely N-dealkylation sites (tertiary alicyclic amines) is 1. The van der Waals surface area contributed by atoms with Crippen molar-refractivity contribution in [2.75, 3.05) is 33.4 Å². The van der Waals surface area contributed by atoms with Crippen LogP contribution in [0.3, 0.4) is 0 Å². The Morgan fingerprint density at radius 3 is 2.29 bits per heavy atom. The minimum absolute atomic E-state index is 0.506. The number of aryl methyl sites for hydroxylation is 2. The first-order chi connectivity index (χ1) is 13.6. The number of benzene rings is 1. The number of likely N-dealkylation sites (N-methyl/N-ethyl adjacent to an activating group) is 1. The van der Waals surface area contributed by atoms with E-state index in [9.17, 15) is 0 Å². The highest BCUT2D eigenvalue weighted by molar-refractivity contribution is 5.34. The van der Waals surface area contributed by atoms with E-state index in [1.54, 1.807) is 0 Å². The van der Waals surface area contributed by atoms with Crippen molar-refractivity contribution >= 4 is 0 Å². The van der Waals surface area contributed by atoms with Crippen LogP contribution in [0.4, 0.5) is 0 Å². The van der Waals surface area contributed by atoms with Gasteiger partial charge >= 0.3 is 0 Å². The summed E-state index contributed by atoms with van der Waals surface area (Å²) in [7, 11) is 2.26. The molecule has 0 aliphatic carbocycles. The van der Waals surface area contributed by atoms with Crippen molar-refractivity contribution in [3.63, 3.8) is 0 Å². The molecule has 28 heavy (non-hydrogen) atoms. The summed E-state index contributed by atoms with van der Waals surface area (Å²) in [6.45, 7) is 13.6. The van der Waals surface area contributed by atoms with Gasteiger partial charge in [-0.2, -0.15) is 0 Å². The van der Waals surface area contributed by atoms with E-state index in [0.29, 0.717) is 5.92 Å². The predicted molar refractivity (Wildman–Crippen MR) is 122 cm³/mol. The van der Waals surface area contributed by atoms with Crippen LogP contribution in [-0.2, 0) is 0 Å². The minimum Gasteiger partial charge on any atom is -0.291 e. The van der Waals surface area contributed by atoms with Gasteiger partial charge < -0.3 is 0 Å². The van der Waals surface area contributed by atoms with Crippen LogP contribution in [-0.4, -0.2) is 43.2 Å². The molecular formula is C25H44N3. The summed E-state index contributed by atoms with van der Waals surface area (Å²) >= 11 is 0. The molecule has 1 aliphatic rings. The van der Waals surface area contributed by atoms with Crippen LogP contribution in [0.1, 0.15) is 87.8 Å². The predicted octanol–water partition coefficient (Wildman–Crippen LogP) is 5.83. The third-order valence-corrected chi connectivity index (χ3v) is 6.30. The highest BCUT2D eigenvalue weighted by Gasteiger charge is 2.31. The zero-order chi connectivity index (χ0) is 20.4. The van der Waals surface area contributed by atoms with Gasteiger partial charge in [-0.05, 0) is 82.9 Å². The third-order valence-electron chi connectivity index (χ3n) is 6.30. The van der Waals surface area contributed by atoms with Gasteiger partial charge in [0, 0.05) is 12.6 Å². The van der Waals surface area contributed by atoms with Crippen LogP contribution >= 0.6 is 0 Å². The second kappa shape index (κ2) is 12.6. The van der Waals surface area contributed by atoms with Gasteiger partial charge in [0.2, 0.25) is 0 Å². The van der Waals surface area contributed by atoms with Crippen molar-refractivity contribution < 1.29 is 0 Å². The van der Waals surface area contributed by atoms with E-state index in [1.807, 2.05) is 0 Å². The molecule has 1 aliphatic heterocycles. The highest BCUT2D eigenvalue weighted by Crippen LogP contribution is 2.35. The lowest BCUT2D eigenvalue weighted by molar-refractivity contribution is 0.176. The lowest BCUT2D eigenvalue weighted by Gasteiger charge is -2.40. The number of hydrogen-bond donors (Lipinski definition) is 1. The molecule has 1 atom stereocenters. The summed E-state index contributed by atoms with van der Waals surface area (Å²) in [6, 6.07) is 7.04. The Morgan fingerprint density at radius 1 is 1.00 bits per heavy atom. The van der Waals surface area contributed by atoms with Gasteiger partial charge in [-0.3, -0.25) is 15.1 Å². The maximum atomic E-state index is 3.88. The third kappa shape index (κ3) is 7.17. The topological polar surface area (TPSA) is 18.5 Å². The smallest absolute Gasteiger partial charge is 0.112 e.